The quantitative estimate of drug-likeness (QED) is 0.433. The van der Waals surface area contributed by atoms with E-state index in [1.807, 2.05) is 0 Å². The molecule has 20 heavy (non-hydrogen) atoms. The number of hydrazine groups is 1. The summed E-state index contributed by atoms with van der Waals surface area (Å²) in [6.07, 6.45) is 10.0. The Morgan fingerprint density at radius 2 is 2.00 bits per heavy atom. The largest absolute Gasteiger partial charge is 0.358 e. The molecule has 0 saturated heterocycles. The van der Waals surface area contributed by atoms with Gasteiger partial charge in [-0.25, -0.2) is 0 Å². The molecule has 0 aliphatic heterocycles. The highest BCUT2D eigenvalue weighted by Gasteiger charge is 2.35. The van der Waals surface area contributed by atoms with Gasteiger partial charge in [0, 0.05) is 24.0 Å². The second kappa shape index (κ2) is 5.58. The smallest absolute Gasteiger partial charge is 0.269 e. The van der Waals surface area contributed by atoms with Gasteiger partial charge in [-0.2, -0.15) is 0 Å². The van der Waals surface area contributed by atoms with Crippen LogP contribution in [0.1, 0.15) is 23.2 Å². The molecule has 6 heteroatoms. The molecule has 104 valence electrons. The Balaban J connectivity index is 1.46. The van der Waals surface area contributed by atoms with Crippen molar-refractivity contribution in [3.05, 3.63) is 42.2 Å². The maximum Gasteiger partial charge on any atom is 0.269 e. The van der Waals surface area contributed by atoms with E-state index in [2.05, 4.69) is 33.3 Å². The summed E-state index contributed by atoms with van der Waals surface area (Å²) in [6.45, 7) is 0. The summed E-state index contributed by atoms with van der Waals surface area (Å²) in [5.41, 5.74) is 5.86. The van der Waals surface area contributed by atoms with E-state index in [0.717, 1.165) is 6.42 Å². The van der Waals surface area contributed by atoms with E-state index < -0.39 is 0 Å². The number of nitrogens with one attached hydrogen (secondary N) is 3. The van der Waals surface area contributed by atoms with E-state index in [-0.39, 0.29) is 5.91 Å². The Bertz CT molecular complexity index is 545. The molecule has 2 bridgehead atoms. The Hall–Kier alpha value is -1.95. The number of rotatable bonds is 2. The summed E-state index contributed by atoms with van der Waals surface area (Å²) in [5, 5.41) is 3.72. The number of hydrogen-bond acceptors (Lipinski definition) is 3. The Labute approximate surface area is 122 Å². The average molecular weight is 288 g/mol. The van der Waals surface area contributed by atoms with Crippen LogP contribution in [-0.2, 0) is 0 Å². The molecule has 1 fully saturated rings. The molecule has 2 aliphatic rings. The molecule has 1 saturated carbocycles. The first-order chi connectivity index (χ1) is 9.72. The molecule has 3 atom stereocenters. The van der Waals surface area contributed by atoms with Gasteiger partial charge < -0.3 is 5.32 Å². The Kier molecular flexibility index (Phi) is 3.64. The first-order valence-corrected chi connectivity index (χ1v) is 7.08. The fraction of sp³-hybridized carbons (Fsp3) is 0.357. The number of pyridine rings is 1. The normalized spacial score (nSPS) is 26.3. The van der Waals surface area contributed by atoms with Gasteiger partial charge in [0.1, 0.15) is 0 Å². The number of amides is 1. The third-order valence-corrected chi connectivity index (χ3v) is 4.05. The summed E-state index contributed by atoms with van der Waals surface area (Å²) in [4.78, 5) is 15.7. The molecule has 0 radical (unpaired) electrons. The van der Waals surface area contributed by atoms with Crippen LogP contribution in [0.5, 0.6) is 0 Å². The van der Waals surface area contributed by atoms with Gasteiger partial charge >= 0.3 is 0 Å². The molecule has 0 unspecified atom stereocenters. The molecule has 1 amide bonds. The number of carbonyl (C=O) groups is 1. The van der Waals surface area contributed by atoms with Crippen molar-refractivity contribution in [1.29, 1.82) is 0 Å². The molecule has 1 heterocycles. The van der Waals surface area contributed by atoms with Gasteiger partial charge in [0.25, 0.3) is 5.91 Å². The van der Waals surface area contributed by atoms with Crippen molar-refractivity contribution < 1.29 is 4.79 Å². The SMILES string of the molecule is O=C(NNC(=S)N[C@@H]1C[C@@H]2C=C[C@H]1C2)c1ccncc1. The van der Waals surface area contributed by atoms with Crippen molar-refractivity contribution in [3.63, 3.8) is 0 Å². The lowest BCUT2D eigenvalue weighted by Gasteiger charge is -2.21. The van der Waals surface area contributed by atoms with Gasteiger partial charge in [-0.05, 0) is 49.0 Å². The van der Waals surface area contributed by atoms with Crippen molar-refractivity contribution in [3.8, 4) is 0 Å². The number of thiocarbonyl (C=S) groups is 1. The zero-order valence-electron chi connectivity index (χ0n) is 10.9. The fourth-order valence-electron chi connectivity index (χ4n) is 2.84. The van der Waals surface area contributed by atoms with Crippen LogP contribution in [0.3, 0.4) is 0 Å². The average Bonchev–Trinajstić information content (AvgIpc) is 3.08. The second-order valence-electron chi connectivity index (χ2n) is 5.18. The third kappa shape index (κ3) is 2.80. The summed E-state index contributed by atoms with van der Waals surface area (Å²) in [6, 6.07) is 3.67. The molecule has 1 aromatic rings. The highest BCUT2D eigenvalue weighted by atomic mass is 32.1. The van der Waals surface area contributed by atoms with Crippen LogP contribution in [-0.4, -0.2) is 22.0 Å². The lowest BCUT2D eigenvalue weighted by Crippen LogP contribution is -2.50. The zero-order valence-corrected chi connectivity index (χ0v) is 11.7. The molecule has 3 rings (SSSR count). The minimum atomic E-state index is -0.232. The first-order valence-electron chi connectivity index (χ1n) is 6.67. The number of carbonyl (C=O) groups excluding carboxylic acids is 1. The van der Waals surface area contributed by atoms with Crippen molar-refractivity contribution >= 4 is 23.2 Å². The molecular formula is C14H16N4OS. The van der Waals surface area contributed by atoms with Gasteiger partial charge in [0.05, 0.1) is 0 Å². The monoisotopic (exact) mass is 288 g/mol. The lowest BCUT2D eigenvalue weighted by molar-refractivity contribution is 0.0943. The standard InChI is InChI=1S/C14H16N4OS/c19-13(10-3-5-15-6-4-10)17-18-14(20)16-12-8-9-1-2-11(12)7-9/h1-6,9,11-12H,7-8H2,(H,17,19)(H2,16,18,20)/t9-,11+,12-/m1/s1. The molecule has 2 aliphatic carbocycles. The van der Waals surface area contributed by atoms with Crippen molar-refractivity contribution in [2.24, 2.45) is 11.8 Å². The van der Waals surface area contributed by atoms with Crippen LogP contribution in [0.2, 0.25) is 0 Å². The van der Waals surface area contributed by atoms with E-state index in [0.29, 0.717) is 28.6 Å². The third-order valence-electron chi connectivity index (χ3n) is 3.83. The van der Waals surface area contributed by atoms with Gasteiger partial charge in [-0.3, -0.25) is 20.6 Å². The second-order valence-corrected chi connectivity index (χ2v) is 5.58. The number of fused-ring (bicyclic) bond motifs is 2. The molecule has 0 spiro atoms. The van der Waals surface area contributed by atoms with Crippen LogP contribution < -0.4 is 16.2 Å². The van der Waals surface area contributed by atoms with Crippen molar-refractivity contribution in [2.45, 2.75) is 18.9 Å². The van der Waals surface area contributed by atoms with E-state index in [1.165, 1.54) is 6.42 Å². The van der Waals surface area contributed by atoms with Gasteiger partial charge in [0.2, 0.25) is 0 Å². The number of aromatic nitrogens is 1. The summed E-state index contributed by atoms with van der Waals surface area (Å²) < 4.78 is 0. The molecule has 1 aromatic heterocycles. The molecule has 5 nitrogen and oxygen atoms in total. The minimum absolute atomic E-state index is 0.232. The summed E-state index contributed by atoms with van der Waals surface area (Å²) >= 11 is 5.20. The van der Waals surface area contributed by atoms with Crippen LogP contribution >= 0.6 is 12.2 Å². The van der Waals surface area contributed by atoms with E-state index in [9.17, 15) is 4.79 Å². The lowest BCUT2D eigenvalue weighted by atomic mass is 10.0. The summed E-state index contributed by atoms with van der Waals surface area (Å²) in [7, 11) is 0. The zero-order chi connectivity index (χ0) is 13.9. The first kappa shape index (κ1) is 13.1. The predicted octanol–water partition coefficient (Wildman–Crippen LogP) is 1.16. The van der Waals surface area contributed by atoms with E-state index >= 15 is 0 Å². The minimum Gasteiger partial charge on any atom is -0.358 e. The highest BCUT2D eigenvalue weighted by molar-refractivity contribution is 7.80. The van der Waals surface area contributed by atoms with E-state index in [4.69, 9.17) is 12.2 Å². The van der Waals surface area contributed by atoms with Crippen LogP contribution in [0.25, 0.3) is 0 Å². The maximum atomic E-state index is 11.8. The topological polar surface area (TPSA) is 66.1 Å². The summed E-state index contributed by atoms with van der Waals surface area (Å²) in [5.74, 6) is 1.02. The van der Waals surface area contributed by atoms with E-state index in [1.54, 1.807) is 24.5 Å². The van der Waals surface area contributed by atoms with Crippen molar-refractivity contribution in [1.82, 2.24) is 21.2 Å². The molecule has 3 N–H and O–H groups in total. The van der Waals surface area contributed by atoms with Gasteiger partial charge in [-0.1, -0.05) is 12.2 Å². The number of allylic oxidation sites excluding steroid dienone is 1. The Morgan fingerprint density at radius 3 is 2.65 bits per heavy atom. The van der Waals surface area contributed by atoms with Gasteiger partial charge in [-0.15, -0.1) is 0 Å². The van der Waals surface area contributed by atoms with Crippen LogP contribution in [0, 0.1) is 11.8 Å². The number of hydrogen-bond donors (Lipinski definition) is 3. The number of nitrogens with zero attached hydrogens (tertiary/aromatic N) is 1. The fourth-order valence-corrected chi connectivity index (χ4v) is 3.04. The van der Waals surface area contributed by atoms with Crippen LogP contribution in [0.15, 0.2) is 36.7 Å². The molecule has 0 aromatic carbocycles. The predicted molar refractivity (Wildman–Crippen MR) is 79.7 cm³/mol. The molecular weight excluding hydrogens is 272 g/mol. The maximum absolute atomic E-state index is 11.8. The van der Waals surface area contributed by atoms with Crippen molar-refractivity contribution in [2.75, 3.05) is 0 Å². The van der Waals surface area contributed by atoms with Crippen LogP contribution in [0.4, 0.5) is 0 Å². The Morgan fingerprint density at radius 1 is 1.20 bits per heavy atom. The van der Waals surface area contributed by atoms with Gasteiger partial charge in [0.15, 0.2) is 5.11 Å². The highest BCUT2D eigenvalue weighted by Crippen LogP contribution is 2.38.